The first-order valence-electron chi connectivity index (χ1n) is 11.0. The van der Waals surface area contributed by atoms with E-state index in [1.165, 1.54) is 12.1 Å². The number of piperazine rings is 1. The van der Waals surface area contributed by atoms with Gasteiger partial charge in [-0.25, -0.2) is 9.18 Å². The summed E-state index contributed by atoms with van der Waals surface area (Å²) < 4.78 is 22.0. The van der Waals surface area contributed by atoms with Crippen molar-refractivity contribution in [3.8, 4) is 0 Å². The molecule has 3 aromatic rings. The summed E-state index contributed by atoms with van der Waals surface area (Å²) >= 11 is 0. The number of ether oxygens (including phenoxy) is 1. The average molecular weight is 453 g/mol. The smallest absolute Gasteiger partial charge is 0.410 e. The molecule has 1 aromatic heterocycles. The Hall–Kier alpha value is -3.55. The third-order valence-corrected chi connectivity index (χ3v) is 5.67. The molecule has 0 saturated carbocycles. The van der Waals surface area contributed by atoms with Crippen molar-refractivity contribution in [2.75, 3.05) is 31.1 Å². The maximum Gasteiger partial charge on any atom is 0.410 e. The topological polar surface area (TPSA) is 80.8 Å². The molecule has 0 radical (unpaired) electrons. The van der Waals surface area contributed by atoms with E-state index >= 15 is 0 Å². The third-order valence-electron chi connectivity index (χ3n) is 5.67. The lowest BCUT2D eigenvalue weighted by Crippen LogP contribution is -2.50. The highest BCUT2D eigenvalue weighted by Crippen LogP contribution is 2.32. The second-order valence-electron chi connectivity index (χ2n) is 9.28. The first-order chi connectivity index (χ1) is 15.6. The lowest BCUT2D eigenvalue weighted by molar-refractivity contribution is 0.0240. The number of rotatable bonds is 4. The van der Waals surface area contributed by atoms with Crippen molar-refractivity contribution in [3.05, 3.63) is 65.6 Å². The van der Waals surface area contributed by atoms with Crippen LogP contribution in [0.15, 0.2) is 48.5 Å². The van der Waals surface area contributed by atoms with Crippen molar-refractivity contribution in [2.45, 2.75) is 32.9 Å². The van der Waals surface area contributed by atoms with Gasteiger partial charge in [0.25, 0.3) is 5.91 Å². The number of carbonyl (C=O) groups excluding carboxylic acids is 2. The van der Waals surface area contributed by atoms with Crippen LogP contribution in [-0.4, -0.2) is 53.2 Å². The molecule has 0 unspecified atom stereocenters. The molecule has 33 heavy (non-hydrogen) atoms. The standard InChI is InChI=1S/C25H29FN4O3/c1-25(2,3)33-24(32)29-11-9-28(10-12-29)20-13-18(26)14-21-19(20)15-22(23(27)31)30(21)16-17-7-5-4-6-8-17/h4-8,13-15H,9-12,16H2,1-3H3,(H2,27,31). The fraction of sp³-hybridized carbons (Fsp3) is 0.360. The number of aromatic nitrogens is 1. The Morgan fingerprint density at radius 1 is 1.03 bits per heavy atom. The number of nitrogens with two attached hydrogens (primary N) is 1. The molecule has 0 spiro atoms. The predicted octanol–water partition coefficient (Wildman–Crippen LogP) is 3.98. The molecule has 2 N–H and O–H groups in total. The number of anilines is 1. The Labute approximate surface area is 192 Å². The van der Waals surface area contributed by atoms with E-state index in [0.717, 1.165) is 10.9 Å². The molecule has 0 atom stereocenters. The number of amides is 2. The van der Waals surface area contributed by atoms with Gasteiger partial charge in [0, 0.05) is 43.8 Å². The number of primary amides is 1. The van der Waals surface area contributed by atoms with E-state index in [9.17, 15) is 14.0 Å². The molecule has 4 rings (SSSR count). The summed E-state index contributed by atoms with van der Waals surface area (Å²) in [6.45, 7) is 7.86. The largest absolute Gasteiger partial charge is 0.444 e. The summed E-state index contributed by atoms with van der Waals surface area (Å²) in [5.74, 6) is -0.960. The van der Waals surface area contributed by atoms with E-state index in [1.54, 1.807) is 15.5 Å². The molecule has 7 nitrogen and oxygen atoms in total. The quantitative estimate of drug-likeness (QED) is 0.649. The highest BCUT2D eigenvalue weighted by atomic mass is 19.1. The fourth-order valence-corrected chi connectivity index (χ4v) is 4.16. The summed E-state index contributed by atoms with van der Waals surface area (Å²) in [6.07, 6.45) is -0.350. The van der Waals surface area contributed by atoms with E-state index in [1.807, 2.05) is 56.0 Å². The van der Waals surface area contributed by atoms with Gasteiger partial charge in [-0.15, -0.1) is 0 Å². The van der Waals surface area contributed by atoms with Crippen molar-refractivity contribution < 1.29 is 18.7 Å². The number of halogens is 1. The van der Waals surface area contributed by atoms with Crippen molar-refractivity contribution in [1.29, 1.82) is 0 Å². The molecule has 174 valence electrons. The molecule has 1 aliphatic heterocycles. The van der Waals surface area contributed by atoms with E-state index in [0.29, 0.717) is 49.6 Å². The second kappa shape index (κ2) is 8.77. The molecule has 2 heterocycles. The van der Waals surface area contributed by atoms with Crippen LogP contribution in [0.4, 0.5) is 14.9 Å². The molecule has 1 fully saturated rings. The molecular weight excluding hydrogens is 423 g/mol. The van der Waals surface area contributed by atoms with Gasteiger partial charge < -0.3 is 24.8 Å². The molecule has 2 amide bonds. The van der Waals surface area contributed by atoms with E-state index < -0.39 is 17.3 Å². The summed E-state index contributed by atoms with van der Waals surface area (Å²) in [6, 6.07) is 14.3. The van der Waals surface area contributed by atoms with Crippen LogP contribution in [0.3, 0.4) is 0 Å². The zero-order valence-corrected chi connectivity index (χ0v) is 19.2. The van der Waals surface area contributed by atoms with Crippen LogP contribution in [0.25, 0.3) is 10.9 Å². The molecule has 0 bridgehead atoms. The van der Waals surface area contributed by atoms with Gasteiger partial charge in [0.15, 0.2) is 0 Å². The van der Waals surface area contributed by atoms with Crippen LogP contribution in [0.1, 0.15) is 36.8 Å². The Bertz CT molecular complexity index is 1180. The van der Waals surface area contributed by atoms with Gasteiger partial charge >= 0.3 is 6.09 Å². The van der Waals surface area contributed by atoms with Crippen molar-refractivity contribution in [2.24, 2.45) is 5.73 Å². The zero-order chi connectivity index (χ0) is 23.8. The van der Waals surface area contributed by atoms with Crippen LogP contribution in [0.5, 0.6) is 0 Å². The highest BCUT2D eigenvalue weighted by molar-refractivity contribution is 6.02. The van der Waals surface area contributed by atoms with E-state index in [4.69, 9.17) is 10.5 Å². The fourth-order valence-electron chi connectivity index (χ4n) is 4.16. The monoisotopic (exact) mass is 452 g/mol. The van der Waals surface area contributed by atoms with Gasteiger partial charge in [0.1, 0.15) is 17.1 Å². The predicted molar refractivity (Wildman–Crippen MR) is 126 cm³/mol. The van der Waals surface area contributed by atoms with Gasteiger partial charge in [-0.3, -0.25) is 4.79 Å². The van der Waals surface area contributed by atoms with Crippen molar-refractivity contribution in [3.63, 3.8) is 0 Å². The van der Waals surface area contributed by atoms with Gasteiger partial charge in [0.2, 0.25) is 0 Å². The minimum Gasteiger partial charge on any atom is -0.444 e. The first kappa shape index (κ1) is 22.6. The summed E-state index contributed by atoms with van der Waals surface area (Å²) in [7, 11) is 0. The normalized spacial score (nSPS) is 14.5. The second-order valence-corrected chi connectivity index (χ2v) is 9.28. The Kier molecular flexibility index (Phi) is 6.01. The van der Waals surface area contributed by atoms with E-state index in [2.05, 4.69) is 0 Å². The average Bonchev–Trinajstić information content (AvgIpc) is 3.11. The van der Waals surface area contributed by atoms with Crippen LogP contribution in [-0.2, 0) is 11.3 Å². The van der Waals surface area contributed by atoms with Gasteiger partial charge in [0.05, 0.1) is 5.52 Å². The number of nitrogens with zero attached hydrogens (tertiary/aromatic N) is 3. The van der Waals surface area contributed by atoms with Crippen LogP contribution in [0, 0.1) is 5.82 Å². The number of fused-ring (bicyclic) bond motifs is 1. The Morgan fingerprint density at radius 3 is 2.30 bits per heavy atom. The molecule has 0 aliphatic carbocycles. The maximum absolute atomic E-state index is 14.7. The Morgan fingerprint density at radius 2 is 1.70 bits per heavy atom. The third kappa shape index (κ3) is 4.94. The number of hydrogen-bond donors (Lipinski definition) is 1. The maximum atomic E-state index is 14.7. The van der Waals surface area contributed by atoms with Crippen LogP contribution < -0.4 is 10.6 Å². The highest BCUT2D eigenvalue weighted by Gasteiger charge is 2.27. The van der Waals surface area contributed by atoms with Gasteiger partial charge in [-0.1, -0.05) is 30.3 Å². The number of hydrogen-bond acceptors (Lipinski definition) is 4. The number of carbonyl (C=O) groups is 2. The minimum absolute atomic E-state index is 0.327. The van der Waals surface area contributed by atoms with Crippen LogP contribution >= 0.6 is 0 Å². The summed E-state index contributed by atoms with van der Waals surface area (Å²) in [5, 5.41) is 0.756. The lowest BCUT2D eigenvalue weighted by Gasteiger charge is -2.37. The number of benzene rings is 2. The zero-order valence-electron chi connectivity index (χ0n) is 19.2. The lowest BCUT2D eigenvalue weighted by atomic mass is 10.1. The van der Waals surface area contributed by atoms with Gasteiger partial charge in [-0.2, -0.15) is 0 Å². The molecule has 2 aromatic carbocycles. The van der Waals surface area contributed by atoms with Crippen molar-refractivity contribution in [1.82, 2.24) is 9.47 Å². The Balaban J connectivity index is 1.65. The molecular formula is C25H29FN4O3. The van der Waals surface area contributed by atoms with E-state index in [-0.39, 0.29) is 6.09 Å². The molecule has 1 saturated heterocycles. The molecule has 8 heteroatoms. The molecule has 1 aliphatic rings. The van der Waals surface area contributed by atoms with Crippen molar-refractivity contribution >= 4 is 28.6 Å². The summed E-state index contributed by atoms with van der Waals surface area (Å²) in [5.41, 5.74) is 7.72. The minimum atomic E-state index is -0.566. The SMILES string of the molecule is CC(C)(C)OC(=O)N1CCN(c2cc(F)cc3c2cc(C(N)=O)n3Cc2ccccc2)CC1. The van der Waals surface area contributed by atoms with Gasteiger partial charge in [-0.05, 0) is 44.5 Å². The van der Waals surface area contributed by atoms with Crippen LogP contribution in [0.2, 0.25) is 0 Å². The summed E-state index contributed by atoms with van der Waals surface area (Å²) in [4.78, 5) is 28.3. The first-order valence-corrected chi connectivity index (χ1v) is 11.0.